The van der Waals surface area contributed by atoms with Gasteiger partial charge in [-0.2, -0.15) is 0 Å². The van der Waals surface area contributed by atoms with Crippen LogP contribution in [0.5, 0.6) is 0 Å². The van der Waals surface area contributed by atoms with Crippen LogP contribution in [0, 0.1) is 0 Å². The van der Waals surface area contributed by atoms with Crippen LogP contribution in [-0.2, 0) is 28.6 Å². The molecule has 0 aliphatic carbocycles. The zero-order valence-corrected chi connectivity index (χ0v) is 50.5. The minimum Gasteiger partial charge on any atom is -0.462 e. The minimum atomic E-state index is -0.787. The van der Waals surface area contributed by atoms with Crippen molar-refractivity contribution in [2.24, 2.45) is 0 Å². The van der Waals surface area contributed by atoms with E-state index < -0.39 is 6.10 Å². The van der Waals surface area contributed by atoms with E-state index in [0.717, 1.165) is 109 Å². The standard InChI is InChI=1S/C70H124O6/c1-4-7-10-13-16-19-22-25-28-31-33-34-35-37-39-42-45-48-51-54-57-60-63-69(72)75-66-67(65-74-68(71)62-59-56-53-50-47-44-41-38-30-27-24-21-18-15-12-9-6-3)76-70(73)64-61-58-55-52-49-46-43-40-36-32-29-26-23-20-17-14-11-8-5-2/h8,11,17-18,20-21,26-27,29-30,36,40,67H,4-7,9-10,12-16,19,22-25,28,31-35,37-39,41-66H2,1-3H3/b11-8-,20-17-,21-18-,29-26-,30-27-,40-36-. The van der Waals surface area contributed by atoms with Gasteiger partial charge in [0.1, 0.15) is 13.2 Å². The molecule has 0 aliphatic heterocycles. The Bertz CT molecular complexity index is 1400. The first kappa shape index (κ1) is 72.8. The molecule has 0 aromatic carbocycles. The molecule has 6 nitrogen and oxygen atoms in total. The Morgan fingerprint density at radius 1 is 0.276 bits per heavy atom. The van der Waals surface area contributed by atoms with Gasteiger partial charge in [0.05, 0.1) is 0 Å². The Labute approximate surface area is 472 Å². The van der Waals surface area contributed by atoms with Gasteiger partial charge in [0.25, 0.3) is 0 Å². The Morgan fingerprint density at radius 2 is 0.513 bits per heavy atom. The van der Waals surface area contributed by atoms with Crippen LogP contribution in [0.3, 0.4) is 0 Å². The monoisotopic (exact) mass is 1060 g/mol. The molecule has 0 radical (unpaired) electrons. The number of rotatable bonds is 60. The Kier molecular flexibility index (Phi) is 61.7. The fraction of sp³-hybridized carbons (Fsp3) is 0.786. The van der Waals surface area contributed by atoms with Crippen molar-refractivity contribution in [3.05, 3.63) is 72.9 Å². The minimum absolute atomic E-state index is 0.0809. The molecule has 1 unspecified atom stereocenters. The summed E-state index contributed by atoms with van der Waals surface area (Å²) in [6.45, 7) is 6.53. The van der Waals surface area contributed by atoms with Gasteiger partial charge in [-0.3, -0.25) is 14.4 Å². The molecule has 0 aromatic rings. The lowest BCUT2D eigenvalue weighted by Crippen LogP contribution is -2.30. The molecular weight excluding hydrogens is 937 g/mol. The summed E-state index contributed by atoms with van der Waals surface area (Å²) in [5.41, 5.74) is 0. The van der Waals surface area contributed by atoms with Crippen molar-refractivity contribution >= 4 is 17.9 Å². The lowest BCUT2D eigenvalue weighted by Gasteiger charge is -2.18. The molecule has 1 atom stereocenters. The average Bonchev–Trinajstić information content (AvgIpc) is 3.42. The molecule has 0 aliphatic rings. The molecule has 6 heteroatoms. The molecule has 0 amide bonds. The summed E-state index contributed by atoms with van der Waals surface area (Å²) in [5, 5.41) is 0. The van der Waals surface area contributed by atoms with Gasteiger partial charge in [-0.15, -0.1) is 0 Å². The number of esters is 3. The largest absolute Gasteiger partial charge is 0.462 e. The highest BCUT2D eigenvalue weighted by Crippen LogP contribution is 2.17. The molecule has 0 heterocycles. The van der Waals surface area contributed by atoms with E-state index >= 15 is 0 Å². The number of allylic oxidation sites excluding steroid dienone is 12. The van der Waals surface area contributed by atoms with Gasteiger partial charge >= 0.3 is 17.9 Å². The van der Waals surface area contributed by atoms with Crippen LogP contribution in [0.2, 0.25) is 0 Å². The van der Waals surface area contributed by atoms with Gasteiger partial charge in [-0.25, -0.2) is 0 Å². The van der Waals surface area contributed by atoms with Crippen LogP contribution in [0.25, 0.3) is 0 Å². The fourth-order valence-electron chi connectivity index (χ4n) is 9.53. The first-order chi connectivity index (χ1) is 37.5. The molecule has 0 saturated heterocycles. The summed E-state index contributed by atoms with van der Waals surface area (Å²) in [6.07, 6.45) is 83.4. The number of ether oxygens (including phenoxy) is 3. The summed E-state index contributed by atoms with van der Waals surface area (Å²) in [5.74, 6) is -0.885. The third kappa shape index (κ3) is 61.7. The molecule has 0 N–H and O–H groups in total. The van der Waals surface area contributed by atoms with E-state index in [1.807, 2.05) is 0 Å². The third-order valence-electron chi connectivity index (χ3n) is 14.4. The Balaban J connectivity index is 4.36. The smallest absolute Gasteiger partial charge is 0.306 e. The van der Waals surface area contributed by atoms with Crippen LogP contribution in [-0.4, -0.2) is 37.2 Å². The van der Waals surface area contributed by atoms with Gasteiger partial charge in [-0.1, -0.05) is 299 Å². The van der Waals surface area contributed by atoms with E-state index in [9.17, 15) is 14.4 Å². The van der Waals surface area contributed by atoms with Crippen molar-refractivity contribution in [3.63, 3.8) is 0 Å². The van der Waals surface area contributed by atoms with Crippen molar-refractivity contribution in [2.75, 3.05) is 13.2 Å². The first-order valence-corrected chi connectivity index (χ1v) is 32.9. The van der Waals surface area contributed by atoms with Crippen molar-refractivity contribution in [3.8, 4) is 0 Å². The van der Waals surface area contributed by atoms with E-state index in [-0.39, 0.29) is 31.1 Å². The van der Waals surface area contributed by atoms with Gasteiger partial charge < -0.3 is 14.2 Å². The zero-order chi connectivity index (χ0) is 55.0. The molecule has 0 spiro atoms. The Morgan fingerprint density at radius 3 is 0.829 bits per heavy atom. The lowest BCUT2D eigenvalue weighted by atomic mass is 10.0. The van der Waals surface area contributed by atoms with Crippen LogP contribution < -0.4 is 0 Å². The van der Waals surface area contributed by atoms with E-state index in [4.69, 9.17) is 14.2 Å². The molecular formula is C70H124O6. The highest BCUT2D eigenvalue weighted by Gasteiger charge is 2.19. The molecule has 0 aromatic heterocycles. The van der Waals surface area contributed by atoms with E-state index in [0.29, 0.717) is 19.3 Å². The second-order valence-corrected chi connectivity index (χ2v) is 22.0. The number of hydrogen-bond acceptors (Lipinski definition) is 6. The van der Waals surface area contributed by atoms with Crippen LogP contribution in [0.1, 0.15) is 335 Å². The summed E-state index contributed by atoms with van der Waals surface area (Å²) >= 11 is 0. The quantitative estimate of drug-likeness (QED) is 0.0261. The molecule has 0 rings (SSSR count). The lowest BCUT2D eigenvalue weighted by molar-refractivity contribution is -0.167. The third-order valence-corrected chi connectivity index (χ3v) is 14.4. The van der Waals surface area contributed by atoms with Crippen LogP contribution >= 0.6 is 0 Å². The second-order valence-electron chi connectivity index (χ2n) is 22.0. The SMILES string of the molecule is CC/C=C\C/C=C\C/C=C\C/C=C\CCCCCCCCC(=O)OC(COC(=O)CCCCCCCCC/C=C\C/C=C\CCCCC)COC(=O)CCCCCCCCCCCCCCCCCCCCCCCC. The van der Waals surface area contributed by atoms with Gasteiger partial charge in [0, 0.05) is 19.3 Å². The number of carbonyl (C=O) groups excluding carboxylic acids is 3. The maximum Gasteiger partial charge on any atom is 0.306 e. The predicted molar refractivity (Wildman–Crippen MR) is 330 cm³/mol. The molecule has 440 valence electrons. The normalized spacial score (nSPS) is 12.5. The van der Waals surface area contributed by atoms with Crippen molar-refractivity contribution in [1.29, 1.82) is 0 Å². The predicted octanol–water partition coefficient (Wildman–Crippen LogP) is 22.5. The summed E-state index contributed by atoms with van der Waals surface area (Å²) in [4.78, 5) is 38.4. The maximum absolute atomic E-state index is 12.9. The maximum atomic E-state index is 12.9. The van der Waals surface area contributed by atoms with Gasteiger partial charge in [0.2, 0.25) is 0 Å². The van der Waals surface area contributed by atoms with Crippen molar-refractivity contribution in [1.82, 2.24) is 0 Å². The van der Waals surface area contributed by atoms with E-state index in [1.165, 1.54) is 186 Å². The van der Waals surface area contributed by atoms with E-state index in [2.05, 4.69) is 93.7 Å². The Hall–Kier alpha value is -3.15. The molecule has 76 heavy (non-hydrogen) atoms. The second kappa shape index (κ2) is 64.4. The molecule has 0 fully saturated rings. The summed E-state index contributed by atoms with van der Waals surface area (Å²) < 4.78 is 17.0. The summed E-state index contributed by atoms with van der Waals surface area (Å²) in [7, 11) is 0. The molecule has 0 bridgehead atoms. The first-order valence-electron chi connectivity index (χ1n) is 32.9. The van der Waals surface area contributed by atoms with E-state index in [1.54, 1.807) is 0 Å². The average molecular weight is 1060 g/mol. The summed E-state index contributed by atoms with van der Waals surface area (Å²) in [6, 6.07) is 0. The highest BCUT2D eigenvalue weighted by atomic mass is 16.6. The molecule has 0 saturated carbocycles. The van der Waals surface area contributed by atoms with Crippen molar-refractivity contribution in [2.45, 2.75) is 341 Å². The highest BCUT2D eigenvalue weighted by molar-refractivity contribution is 5.71. The number of unbranched alkanes of at least 4 members (excludes halogenated alkanes) is 37. The number of carbonyl (C=O) groups is 3. The van der Waals surface area contributed by atoms with Gasteiger partial charge in [0.15, 0.2) is 6.10 Å². The van der Waals surface area contributed by atoms with Crippen LogP contribution in [0.15, 0.2) is 72.9 Å². The van der Waals surface area contributed by atoms with Crippen molar-refractivity contribution < 1.29 is 28.6 Å². The number of hydrogen-bond donors (Lipinski definition) is 0. The van der Waals surface area contributed by atoms with Crippen LogP contribution in [0.4, 0.5) is 0 Å². The fourth-order valence-corrected chi connectivity index (χ4v) is 9.53. The zero-order valence-electron chi connectivity index (χ0n) is 50.5. The topological polar surface area (TPSA) is 78.9 Å². The van der Waals surface area contributed by atoms with Gasteiger partial charge in [-0.05, 0) is 89.9 Å².